The fourth-order valence-corrected chi connectivity index (χ4v) is 3.00. The van der Waals surface area contributed by atoms with Gasteiger partial charge in [0.15, 0.2) is 0 Å². The smallest absolute Gasteiger partial charge is 0.265 e. The fraction of sp³-hybridized carbons (Fsp3) is 0.533. The number of hydrogen-bond donors (Lipinski definition) is 0. The first-order valence-corrected chi connectivity index (χ1v) is 7.34. The number of nitrogens with zero attached hydrogens (tertiary/aromatic N) is 3. The summed E-state index contributed by atoms with van der Waals surface area (Å²) in [5.41, 5.74) is 0.452. The second-order valence-corrected chi connectivity index (χ2v) is 5.42. The Morgan fingerprint density at radius 2 is 1.95 bits per heavy atom. The van der Waals surface area contributed by atoms with Crippen molar-refractivity contribution >= 4 is 17.0 Å². The monoisotopic (exact) mass is 289 g/mol. The van der Waals surface area contributed by atoms with Gasteiger partial charge < -0.3 is 9.32 Å². The van der Waals surface area contributed by atoms with E-state index in [1.165, 1.54) is 0 Å². The summed E-state index contributed by atoms with van der Waals surface area (Å²) in [5, 5.41) is 0.317. The van der Waals surface area contributed by atoms with Crippen LogP contribution >= 0.6 is 0 Å². The van der Waals surface area contributed by atoms with Gasteiger partial charge in [0.2, 0.25) is 5.71 Å². The van der Waals surface area contributed by atoms with Crippen LogP contribution in [-0.4, -0.2) is 33.4 Å². The number of aryl methyl sites for hydroxylation is 2. The van der Waals surface area contributed by atoms with Gasteiger partial charge in [-0.3, -0.25) is 14.2 Å². The second-order valence-electron chi connectivity index (χ2n) is 5.42. The van der Waals surface area contributed by atoms with Crippen LogP contribution in [0.4, 0.5) is 0 Å². The SMILES string of the molecule is CCn1c(C)nc2oc(C)c(C(=O)N3CCCC3)c2c1=O. The minimum Gasteiger partial charge on any atom is -0.442 e. The Labute approximate surface area is 122 Å². The van der Waals surface area contributed by atoms with Crippen molar-refractivity contribution in [2.45, 2.75) is 40.2 Å². The highest BCUT2D eigenvalue weighted by atomic mass is 16.3. The summed E-state index contributed by atoms with van der Waals surface area (Å²) in [6.07, 6.45) is 2.02. The van der Waals surface area contributed by atoms with Crippen molar-refractivity contribution in [3.05, 3.63) is 27.5 Å². The van der Waals surface area contributed by atoms with Gasteiger partial charge in [0.25, 0.3) is 11.5 Å². The molecular weight excluding hydrogens is 270 g/mol. The molecule has 0 spiro atoms. The molecule has 0 unspecified atom stereocenters. The first-order chi connectivity index (χ1) is 10.0. The summed E-state index contributed by atoms with van der Waals surface area (Å²) in [7, 11) is 0. The molecule has 3 heterocycles. The molecule has 1 saturated heterocycles. The van der Waals surface area contributed by atoms with Crippen LogP contribution in [0.5, 0.6) is 0 Å². The van der Waals surface area contributed by atoms with Crippen molar-refractivity contribution in [1.29, 1.82) is 0 Å². The molecule has 3 rings (SSSR count). The molecule has 0 bridgehead atoms. The lowest BCUT2D eigenvalue weighted by atomic mass is 10.1. The maximum absolute atomic E-state index is 12.7. The molecule has 1 amide bonds. The molecule has 2 aromatic heterocycles. The molecule has 2 aromatic rings. The zero-order chi connectivity index (χ0) is 15.1. The van der Waals surface area contributed by atoms with Crippen LogP contribution in [0.2, 0.25) is 0 Å². The topological polar surface area (TPSA) is 68.3 Å². The first kappa shape index (κ1) is 13.9. The van der Waals surface area contributed by atoms with Crippen molar-refractivity contribution in [3.8, 4) is 0 Å². The molecule has 6 heteroatoms. The number of fused-ring (bicyclic) bond motifs is 1. The summed E-state index contributed by atoms with van der Waals surface area (Å²) in [4.78, 5) is 31.4. The number of likely N-dealkylation sites (tertiary alicyclic amines) is 1. The lowest BCUT2D eigenvalue weighted by molar-refractivity contribution is 0.0792. The summed E-state index contributed by atoms with van der Waals surface area (Å²) in [5.74, 6) is 0.956. The first-order valence-electron chi connectivity index (χ1n) is 7.34. The van der Waals surface area contributed by atoms with Gasteiger partial charge >= 0.3 is 0 Å². The number of carbonyl (C=O) groups excluding carboxylic acids is 1. The molecular formula is C15H19N3O3. The number of amides is 1. The molecule has 0 N–H and O–H groups in total. The summed E-state index contributed by atoms with van der Waals surface area (Å²) < 4.78 is 7.14. The standard InChI is InChI=1S/C15H19N3O3/c1-4-18-10(3)16-13-12(15(18)20)11(9(2)21-13)14(19)17-7-5-6-8-17/h4-8H2,1-3H3. The van der Waals surface area contributed by atoms with Crippen molar-refractivity contribution in [2.24, 2.45) is 0 Å². The number of carbonyl (C=O) groups is 1. The van der Waals surface area contributed by atoms with E-state index in [0.29, 0.717) is 29.1 Å². The predicted octanol–water partition coefficient (Wildman–Crippen LogP) is 1.86. The molecule has 0 saturated carbocycles. The van der Waals surface area contributed by atoms with Crippen molar-refractivity contribution in [2.75, 3.05) is 13.1 Å². The lowest BCUT2D eigenvalue weighted by Crippen LogP contribution is -2.30. The average molecular weight is 289 g/mol. The van der Waals surface area contributed by atoms with Gasteiger partial charge in [-0.1, -0.05) is 0 Å². The number of furan rings is 1. The van der Waals surface area contributed by atoms with E-state index in [2.05, 4.69) is 4.98 Å². The van der Waals surface area contributed by atoms with E-state index in [-0.39, 0.29) is 17.2 Å². The molecule has 1 aliphatic heterocycles. The zero-order valence-electron chi connectivity index (χ0n) is 12.6. The number of aromatic nitrogens is 2. The van der Waals surface area contributed by atoms with Crippen LogP contribution in [0.15, 0.2) is 9.21 Å². The van der Waals surface area contributed by atoms with Crippen LogP contribution in [0.25, 0.3) is 11.1 Å². The Hall–Kier alpha value is -2.11. The molecule has 0 atom stereocenters. The van der Waals surface area contributed by atoms with E-state index >= 15 is 0 Å². The fourth-order valence-electron chi connectivity index (χ4n) is 3.00. The summed E-state index contributed by atoms with van der Waals surface area (Å²) >= 11 is 0. The van der Waals surface area contributed by atoms with E-state index < -0.39 is 0 Å². The van der Waals surface area contributed by atoms with E-state index in [0.717, 1.165) is 25.9 Å². The Kier molecular flexibility index (Phi) is 3.31. The van der Waals surface area contributed by atoms with Crippen molar-refractivity contribution in [3.63, 3.8) is 0 Å². The Morgan fingerprint density at radius 3 is 2.57 bits per heavy atom. The van der Waals surface area contributed by atoms with Gasteiger partial charge in [0.05, 0.1) is 5.56 Å². The van der Waals surface area contributed by atoms with E-state index in [1.807, 2.05) is 6.92 Å². The molecule has 112 valence electrons. The zero-order valence-corrected chi connectivity index (χ0v) is 12.6. The summed E-state index contributed by atoms with van der Waals surface area (Å²) in [6, 6.07) is 0. The lowest BCUT2D eigenvalue weighted by Gasteiger charge is -2.14. The highest BCUT2D eigenvalue weighted by molar-refractivity contribution is 6.06. The number of rotatable bonds is 2. The predicted molar refractivity (Wildman–Crippen MR) is 78.6 cm³/mol. The Balaban J connectivity index is 2.25. The number of hydrogen-bond acceptors (Lipinski definition) is 4. The Bertz CT molecular complexity index is 767. The second kappa shape index (κ2) is 5.02. The van der Waals surface area contributed by atoms with Crippen LogP contribution in [-0.2, 0) is 6.54 Å². The third kappa shape index (κ3) is 2.05. The van der Waals surface area contributed by atoms with Gasteiger partial charge in [0.1, 0.15) is 17.0 Å². The van der Waals surface area contributed by atoms with Gasteiger partial charge in [-0.15, -0.1) is 0 Å². The normalized spacial score (nSPS) is 15.1. The van der Waals surface area contributed by atoms with E-state index in [9.17, 15) is 9.59 Å². The van der Waals surface area contributed by atoms with Crippen LogP contribution in [0.3, 0.4) is 0 Å². The highest BCUT2D eigenvalue weighted by Gasteiger charge is 2.28. The highest BCUT2D eigenvalue weighted by Crippen LogP contribution is 2.24. The third-order valence-electron chi connectivity index (χ3n) is 4.10. The Morgan fingerprint density at radius 1 is 1.29 bits per heavy atom. The quantitative estimate of drug-likeness (QED) is 0.846. The van der Waals surface area contributed by atoms with Gasteiger partial charge in [-0.05, 0) is 33.6 Å². The molecule has 0 aromatic carbocycles. The van der Waals surface area contributed by atoms with E-state index in [1.54, 1.807) is 23.3 Å². The average Bonchev–Trinajstić information content (AvgIpc) is 3.05. The minimum atomic E-state index is -0.195. The molecule has 0 aliphatic carbocycles. The largest absolute Gasteiger partial charge is 0.442 e. The maximum Gasteiger partial charge on any atom is 0.265 e. The van der Waals surface area contributed by atoms with Crippen LogP contribution < -0.4 is 5.56 Å². The third-order valence-corrected chi connectivity index (χ3v) is 4.10. The van der Waals surface area contributed by atoms with Crippen molar-refractivity contribution < 1.29 is 9.21 Å². The van der Waals surface area contributed by atoms with E-state index in [4.69, 9.17) is 4.42 Å². The maximum atomic E-state index is 12.7. The molecule has 1 fully saturated rings. The van der Waals surface area contributed by atoms with Gasteiger partial charge in [0, 0.05) is 19.6 Å². The minimum absolute atomic E-state index is 0.117. The molecule has 21 heavy (non-hydrogen) atoms. The van der Waals surface area contributed by atoms with Crippen LogP contribution in [0, 0.1) is 13.8 Å². The molecule has 1 aliphatic rings. The van der Waals surface area contributed by atoms with Crippen molar-refractivity contribution in [1.82, 2.24) is 14.5 Å². The molecule has 0 radical (unpaired) electrons. The van der Waals surface area contributed by atoms with Gasteiger partial charge in [-0.2, -0.15) is 4.98 Å². The van der Waals surface area contributed by atoms with Gasteiger partial charge in [-0.25, -0.2) is 0 Å². The molecule has 6 nitrogen and oxygen atoms in total. The van der Waals surface area contributed by atoms with Crippen LogP contribution in [0.1, 0.15) is 41.7 Å². The summed E-state index contributed by atoms with van der Waals surface area (Å²) in [6.45, 7) is 7.38.